The van der Waals surface area contributed by atoms with Gasteiger partial charge in [0.05, 0.1) is 11.9 Å². The molecular weight excluding hydrogens is 473 g/mol. The predicted octanol–water partition coefficient (Wildman–Crippen LogP) is 2.98. The fraction of sp³-hybridized carbons (Fsp3) is 0.400. The van der Waals surface area contributed by atoms with Gasteiger partial charge in [0.25, 0.3) is 0 Å². The fourth-order valence-electron chi connectivity index (χ4n) is 3.32. The minimum absolute atomic E-state index is 0.0273. The van der Waals surface area contributed by atoms with Gasteiger partial charge < -0.3 is 10.2 Å². The average Bonchev–Trinajstić information content (AvgIpc) is 2.79. The average molecular weight is 506 g/mol. The number of halogens is 1. The number of carbonyl (C=O) groups excluding carboxylic acids is 3. The van der Waals surface area contributed by atoms with E-state index in [9.17, 15) is 27.2 Å². The van der Waals surface area contributed by atoms with E-state index >= 15 is 0 Å². The van der Waals surface area contributed by atoms with Gasteiger partial charge in [0.2, 0.25) is 21.8 Å². The van der Waals surface area contributed by atoms with Gasteiger partial charge in [-0.25, -0.2) is 12.8 Å². The molecular formula is C25H32FN3O5S. The maximum absolute atomic E-state index is 13.4. The molecule has 8 nitrogen and oxygen atoms in total. The van der Waals surface area contributed by atoms with Crippen molar-refractivity contribution in [2.75, 3.05) is 23.7 Å². The summed E-state index contributed by atoms with van der Waals surface area (Å²) in [5.41, 5.74) is 1.04. The maximum atomic E-state index is 13.4. The van der Waals surface area contributed by atoms with Crippen molar-refractivity contribution in [2.24, 2.45) is 5.92 Å². The van der Waals surface area contributed by atoms with Crippen LogP contribution in [0.5, 0.6) is 0 Å². The molecule has 2 aromatic carbocycles. The number of Topliss-reactive ketones (excluding diaryl/α,β-unsaturated/α-hetero) is 1. The minimum atomic E-state index is -3.91. The van der Waals surface area contributed by atoms with Crippen LogP contribution in [0.2, 0.25) is 0 Å². The third-order valence-corrected chi connectivity index (χ3v) is 6.48. The van der Waals surface area contributed by atoms with Crippen LogP contribution in [0.4, 0.5) is 10.1 Å². The zero-order valence-corrected chi connectivity index (χ0v) is 21.4. The van der Waals surface area contributed by atoms with Crippen LogP contribution in [0.15, 0.2) is 48.5 Å². The van der Waals surface area contributed by atoms with E-state index < -0.39 is 40.2 Å². The van der Waals surface area contributed by atoms with Crippen molar-refractivity contribution in [3.05, 3.63) is 65.5 Å². The van der Waals surface area contributed by atoms with Crippen molar-refractivity contribution < 1.29 is 27.2 Å². The Hall–Kier alpha value is -3.27. The first kappa shape index (κ1) is 28.0. The number of ketones is 1. The van der Waals surface area contributed by atoms with Crippen molar-refractivity contribution in [1.82, 2.24) is 10.2 Å². The summed E-state index contributed by atoms with van der Waals surface area (Å²) in [4.78, 5) is 39.3. The second-order valence-electron chi connectivity index (χ2n) is 8.84. The number of anilines is 1. The molecule has 0 saturated heterocycles. The lowest BCUT2D eigenvalue weighted by molar-refractivity contribution is -0.139. The van der Waals surface area contributed by atoms with Crippen molar-refractivity contribution in [1.29, 1.82) is 0 Å². The molecule has 0 aliphatic carbocycles. The number of hydrogen-bond acceptors (Lipinski definition) is 5. The predicted molar refractivity (Wildman–Crippen MR) is 133 cm³/mol. The van der Waals surface area contributed by atoms with E-state index in [0.717, 1.165) is 10.6 Å². The van der Waals surface area contributed by atoms with Crippen molar-refractivity contribution in [3.8, 4) is 0 Å². The largest absolute Gasteiger partial charge is 0.354 e. The summed E-state index contributed by atoms with van der Waals surface area (Å²) in [6, 6.07) is 10.6. The van der Waals surface area contributed by atoms with Crippen molar-refractivity contribution >= 4 is 33.3 Å². The van der Waals surface area contributed by atoms with E-state index in [-0.39, 0.29) is 23.9 Å². The molecule has 0 unspecified atom stereocenters. The molecule has 0 heterocycles. The van der Waals surface area contributed by atoms with Gasteiger partial charge in [-0.3, -0.25) is 18.7 Å². The molecule has 0 spiro atoms. The van der Waals surface area contributed by atoms with Crippen LogP contribution in [0.3, 0.4) is 0 Å². The van der Waals surface area contributed by atoms with Crippen LogP contribution in [0.1, 0.15) is 43.6 Å². The maximum Gasteiger partial charge on any atom is 0.244 e. The van der Waals surface area contributed by atoms with Gasteiger partial charge >= 0.3 is 0 Å². The Balaban J connectivity index is 2.39. The highest BCUT2D eigenvalue weighted by atomic mass is 32.2. The third kappa shape index (κ3) is 8.17. The highest BCUT2D eigenvalue weighted by Crippen LogP contribution is 2.21. The monoisotopic (exact) mass is 505 g/mol. The fourth-order valence-corrected chi connectivity index (χ4v) is 4.16. The second kappa shape index (κ2) is 11.9. The zero-order valence-electron chi connectivity index (χ0n) is 20.6. The number of nitrogens with one attached hydrogen (secondary N) is 1. The van der Waals surface area contributed by atoms with Gasteiger partial charge in [-0.1, -0.05) is 38.1 Å². The highest BCUT2D eigenvalue weighted by molar-refractivity contribution is 7.92. The van der Waals surface area contributed by atoms with Crippen molar-refractivity contribution in [2.45, 2.75) is 40.3 Å². The summed E-state index contributed by atoms with van der Waals surface area (Å²) in [5.74, 6) is -1.51. The molecule has 0 bridgehead atoms. The summed E-state index contributed by atoms with van der Waals surface area (Å²) in [6.07, 6.45) is 0.962. The van der Waals surface area contributed by atoms with E-state index in [1.807, 2.05) is 13.8 Å². The van der Waals surface area contributed by atoms with Crippen LogP contribution in [0.25, 0.3) is 0 Å². The summed E-state index contributed by atoms with van der Waals surface area (Å²) < 4.78 is 39.5. The number of carbonyl (C=O) groups is 3. The summed E-state index contributed by atoms with van der Waals surface area (Å²) >= 11 is 0. The van der Waals surface area contributed by atoms with Crippen molar-refractivity contribution in [3.63, 3.8) is 0 Å². The second-order valence-corrected chi connectivity index (χ2v) is 10.7. The lowest BCUT2D eigenvalue weighted by Gasteiger charge is -2.31. The quantitative estimate of drug-likeness (QED) is 0.473. The number of nitrogens with zero attached hydrogens (tertiary/aromatic N) is 2. The van der Waals surface area contributed by atoms with E-state index in [2.05, 4.69) is 5.32 Å². The number of hydrogen-bond donors (Lipinski definition) is 1. The highest BCUT2D eigenvalue weighted by Gasteiger charge is 2.30. The SMILES string of the molecule is CC(=O)c1cccc(N(CC(=O)N(Cc2ccc(F)cc2)[C@H](C)C(=O)NCC(C)C)S(C)(=O)=O)c1. The molecule has 2 rings (SSSR count). The normalized spacial score (nSPS) is 12.2. The molecule has 0 fully saturated rings. The van der Waals surface area contributed by atoms with Gasteiger partial charge in [-0.15, -0.1) is 0 Å². The molecule has 0 saturated carbocycles. The Bertz CT molecular complexity index is 1170. The first-order valence-electron chi connectivity index (χ1n) is 11.2. The molecule has 35 heavy (non-hydrogen) atoms. The standard InChI is InChI=1S/C25H32FN3O5S/c1-17(2)14-27-25(32)18(3)28(15-20-9-11-22(26)12-10-20)24(31)16-29(35(5,33)34)23-8-6-7-21(13-23)19(4)30/h6-13,17-18H,14-16H2,1-5H3,(H,27,32)/t18-/m1/s1. The van der Waals surface area contributed by atoms with E-state index in [1.54, 1.807) is 13.0 Å². The van der Waals surface area contributed by atoms with Crippen LogP contribution in [-0.4, -0.2) is 56.3 Å². The number of sulfonamides is 1. The molecule has 2 aromatic rings. The first-order valence-corrected chi connectivity index (χ1v) is 13.0. The molecule has 1 atom stereocenters. The molecule has 10 heteroatoms. The first-order chi connectivity index (χ1) is 16.3. The zero-order chi connectivity index (χ0) is 26.3. The van der Waals surface area contributed by atoms with Gasteiger partial charge in [-0.2, -0.15) is 0 Å². The molecule has 0 aliphatic rings. The lowest BCUT2D eigenvalue weighted by Crippen LogP contribution is -2.51. The van der Waals surface area contributed by atoms with E-state index in [4.69, 9.17) is 0 Å². The van der Waals surface area contributed by atoms with Gasteiger partial charge in [0, 0.05) is 18.7 Å². The summed E-state index contributed by atoms with van der Waals surface area (Å²) in [5, 5.41) is 2.79. The topological polar surface area (TPSA) is 104 Å². The minimum Gasteiger partial charge on any atom is -0.354 e. The van der Waals surface area contributed by atoms with Gasteiger partial charge in [0.15, 0.2) is 5.78 Å². The number of rotatable bonds is 11. The molecule has 0 aromatic heterocycles. The Morgan fingerprint density at radius 2 is 1.66 bits per heavy atom. The van der Waals surface area contributed by atoms with Gasteiger partial charge in [0.1, 0.15) is 18.4 Å². The molecule has 0 aliphatic heterocycles. The Kier molecular flexibility index (Phi) is 9.53. The van der Waals surface area contributed by atoms with Crippen LogP contribution in [-0.2, 0) is 26.2 Å². The lowest BCUT2D eigenvalue weighted by atomic mass is 10.1. The van der Waals surface area contributed by atoms with Gasteiger partial charge in [-0.05, 0) is 49.6 Å². The molecule has 1 N–H and O–H groups in total. The van der Waals surface area contributed by atoms with Crippen LogP contribution >= 0.6 is 0 Å². The molecule has 2 amide bonds. The smallest absolute Gasteiger partial charge is 0.244 e. The Morgan fingerprint density at radius 1 is 1.03 bits per heavy atom. The third-order valence-electron chi connectivity index (χ3n) is 5.34. The van der Waals surface area contributed by atoms with Crippen LogP contribution < -0.4 is 9.62 Å². The number of amides is 2. The van der Waals surface area contributed by atoms with E-state index in [0.29, 0.717) is 17.7 Å². The summed E-state index contributed by atoms with van der Waals surface area (Å²) in [6.45, 7) is 6.59. The summed E-state index contributed by atoms with van der Waals surface area (Å²) in [7, 11) is -3.91. The molecule has 0 radical (unpaired) electrons. The number of benzene rings is 2. The Morgan fingerprint density at radius 3 is 2.20 bits per heavy atom. The van der Waals surface area contributed by atoms with Crippen LogP contribution in [0, 0.1) is 11.7 Å². The Labute approximate surface area is 206 Å². The van der Waals surface area contributed by atoms with E-state index in [1.165, 1.54) is 54.3 Å². The molecule has 190 valence electrons.